The molecule has 2 saturated heterocycles. The number of carbonyl (C=O) groups is 5. The first-order chi connectivity index (χ1) is 13.9. The molecule has 0 aromatic carbocycles. The minimum Gasteiger partial charge on any atom is -0.347 e. The van der Waals surface area contributed by atoms with E-state index in [-0.39, 0.29) is 55.5 Å². The third-order valence-corrected chi connectivity index (χ3v) is 6.07. The number of hydrogen-bond donors (Lipinski definition) is 1. The third-order valence-electron chi connectivity index (χ3n) is 6.07. The van der Waals surface area contributed by atoms with Crippen molar-refractivity contribution in [1.82, 2.24) is 20.0 Å². The average molecular weight is 406 g/mol. The maximum atomic E-state index is 12.3. The van der Waals surface area contributed by atoms with Gasteiger partial charge in [0.1, 0.15) is 6.54 Å². The highest BCUT2D eigenvalue weighted by Gasteiger charge is 2.33. The quantitative estimate of drug-likeness (QED) is 0.620. The van der Waals surface area contributed by atoms with Crippen molar-refractivity contribution in [2.45, 2.75) is 51.4 Å². The van der Waals surface area contributed by atoms with Crippen LogP contribution in [0.5, 0.6) is 0 Å². The number of piperazine rings is 1. The summed E-state index contributed by atoms with van der Waals surface area (Å²) in [5.41, 5.74) is 0. The second kappa shape index (κ2) is 9.84. The number of rotatable bonds is 6. The molecule has 160 valence electrons. The van der Waals surface area contributed by atoms with Crippen LogP contribution in [0.3, 0.4) is 0 Å². The molecule has 0 aromatic heterocycles. The number of nitrogens with one attached hydrogen (secondary N) is 1. The first-order valence-corrected chi connectivity index (χ1v) is 10.6. The zero-order valence-electron chi connectivity index (χ0n) is 16.9. The largest absolute Gasteiger partial charge is 0.347 e. The Morgan fingerprint density at radius 3 is 1.97 bits per heavy atom. The Labute approximate surface area is 170 Å². The molecule has 1 N–H and O–H groups in total. The molecule has 0 bridgehead atoms. The van der Waals surface area contributed by atoms with Gasteiger partial charge in [0.2, 0.25) is 29.5 Å². The Morgan fingerprint density at radius 1 is 0.828 bits per heavy atom. The summed E-state index contributed by atoms with van der Waals surface area (Å²) in [5, 5.41) is 2.73. The Hall–Kier alpha value is -2.45. The van der Waals surface area contributed by atoms with E-state index in [4.69, 9.17) is 0 Å². The molecule has 5 amide bonds. The Kier molecular flexibility index (Phi) is 7.22. The molecule has 0 aromatic rings. The number of likely N-dealkylation sites (tertiary alicyclic amines) is 1. The predicted molar refractivity (Wildman–Crippen MR) is 103 cm³/mol. The number of nitrogens with zero attached hydrogens (tertiary/aromatic N) is 3. The topological polar surface area (TPSA) is 107 Å². The zero-order valence-corrected chi connectivity index (χ0v) is 16.9. The van der Waals surface area contributed by atoms with Crippen LogP contribution in [0.1, 0.15) is 51.4 Å². The van der Waals surface area contributed by atoms with Crippen molar-refractivity contribution in [3.05, 3.63) is 0 Å². The van der Waals surface area contributed by atoms with Crippen LogP contribution in [0.25, 0.3) is 0 Å². The van der Waals surface area contributed by atoms with Gasteiger partial charge in [-0.15, -0.1) is 0 Å². The van der Waals surface area contributed by atoms with Crippen LogP contribution in [-0.2, 0) is 24.0 Å². The van der Waals surface area contributed by atoms with Gasteiger partial charge in [-0.3, -0.25) is 28.9 Å². The van der Waals surface area contributed by atoms with Crippen LogP contribution >= 0.6 is 0 Å². The first-order valence-electron chi connectivity index (χ1n) is 10.6. The van der Waals surface area contributed by atoms with Crippen molar-refractivity contribution in [1.29, 1.82) is 0 Å². The molecule has 3 aliphatic rings. The molecule has 29 heavy (non-hydrogen) atoms. The summed E-state index contributed by atoms with van der Waals surface area (Å²) in [7, 11) is 0. The average Bonchev–Trinajstić information content (AvgIpc) is 3.05. The molecular weight excluding hydrogens is 376 g/mol. The standard InChI is InChI=1S/C20H30N4O5/c25-16(12-15-4-2-1-3-5-15)21-13-19(28)22-8-10-23(11-9-22)20(29)14-24-17(26)6-7-18(24)27/h15H,1-14H2,(H,21,25). The summed E-state index contributed by atoms with van der Waals surface area (Å²) < 4.78 is 0. The van der Waals surface area contributed by atoms with E-state index in [0.29, 0.717) is 38.5 Å². The molecule has 0 atom stereocenters. The van der Waals surface area contributed by atoms with Crippen molar-refractivity contribution in [2.75, 3.05) is 39.3 Å². The maximum Gasteiger partial charge on any atom is 0.242 e. The Balaban J connectivity index is 1.35. The second-order valence-electron chi connectivity index (χ2n) is 8.12. The fourth-order valence-corrected chi connectivity index (χ4v) is 4.25. The van der Waals surface area contributed by atoms with Gasteiger partial charge in [0.15, 0.2) is 0 Å². The van der Waals surface area contributed by atoms with Crippen molar-refractivity contribution in [3.63, 3.8) is 0 Å². The first kappa shape index (κ1) is 21.3. The molecule has 0 unspecified atom stereocenters. The summed E-state index contributed by atoms with van der Waals surface area (Å²) in [6, 6.07) is 0. The Morgan fingerprint density at radius 2 is 1.38 bits per heavy atom. The molecule has 2 heterocycles. The summed E-state index contributed by atoms with van der Waals surface area (Å²) in [4.78, 5) is 64.3. The van der Waals surface area contributed by atoms with E-state index >= 15 is 0 Å². The van der Waals surface area contributed by atoms with E-state index < -0.39 is 0 Å². The zero-order chi connectivity index (χ0) is 20.8. The highest BCUT2D eigenvalue weighted by molar-refractivity contribution is 6.04. The lowest BCUT2D eigenvalue weighted by molar-refractivity contribution is -0.147. The maximum absolute atomic E-state index is 12.3. The lowest BCUT2D eigenvalue weighted by Crippen LogP contribution is -2.54. The molecule has 0 spiro atoms. The second-order valence-corrected chi connectivity index (χ2v) is 8.12. The van der Waals surface area contributed by atoms with Crippen molar-refractivity contribution in [3.8, 4) is 0 Å². The monoisotopic (exact) mass is 406 g/mol. The van der Waals surface area contributed by atoms with Gasteiger partial charge in [-0.2, -0.15) is 0 Å². The van der Waals surface area contributed by atoms with Crippen molar-refractivity contribution in [2.24, 2.45) is 5.92 Å². The van der Waals surface area contributed by atoms with Gasteiger partial charge in [-0.05, 0) is 18.8 Å². The van der Waals surface area contributed by atoms with Crippen LogP contribution < -0.4 is 5.32 Å². The molecule has 9 heteroatoms. The van der Waals surface area contributed by atoms with Crippen molar-refractivity contribution < 1.29 is 24.0 Å². The third kappa shape index (κ3) is 5.77. The van der Waals surface area contributed by atoms with Gasteiger partial charge in [-0.1, -0.05) is 19.3 Å². The molecule has 2 aliphatic heterocycles. The minimum absolute atomic E-state index is 0.0176. The molecule has 0 radical (unpaired) electrons. The Bertz CT molecular complexity index is 650. The van der Waals surface area contributed by atoms with Gasteiger partial charge in [0, 0.05) is 45.4 Å². The van der Waals surface area contributed by atoms with Gasteiger partial charge >= 0.3 is 0 Å². The lowest BCUT2D eigenvalue weighted by atomic mass is 9.87. The molecule has 3 rings (SSSR count). The highest BCUT2D eigenvalue weighted by atomic mass is 16.2. The SMILES string of the molecule is O=C(CC1CCCCC1)NCC(=O)N1CCN(C(=O)CN2C(=O)CCC2=O)CC1. The van der Waals surface area contributed by atoms with Gasteiger partial charge in [-0.25, -0.2) is 0 Å². The summed E-state index contributed by atoms with van der Waals surface area (Å²) in [6.07, 6.45) is 6.61. The fraction of sp³-hybridized carbons (Fsp3) is 0.750. The summed E-state index contributed by atoms with van der Waals surface area (Å²) in [6.45, 7) is 1.24. The van der Waals surface area contributed by atoms with Gasteiger partial charge in [0.25, 0.3) is 0 Å². The number of carbonyl (C=O) groups excluding carboxylic acids is 5. The molecule has 3 fully saturated rings. The van der Waals surface area contributed by atoms with Crippen molar-refractivity contribution >= 4 is 29.5 Å². The minimum atomic E-state index is -0.305. The van der Waals surface area contributed by atoms with E-state index in [1.807, 2.05) is 0 Å². The van der Waals surface area contributed by atoms with E-state index in [0.717, 1.165) is 17.7 Å². The molecular formula is C20H30N4O5. The van der Waals surface area contributed by atoms with Gasteiger partial charge < -0.3 is 15.1 Å². The van der Waals surface area contributed by atoms with E-state index in [1.54, 1.807) is 9.80 Å². The van der Waals surface area contributed by atoms with Gasteiger partial charge in [0.05, 0.1) is 6.54 Å². The van der Waals surface area contributed by atoms with Crippen LogP contribution in [-0.4, -0.2) is 83.5 Å². The van der Waals surface area contributed by atoms with E-state index in [2.05, 4.69) is 5.32 Å². The molecule has 1 saturated carbocycles. The van der Waals surface area contributed by atoms with E-state index in [1.165, 1.54) is 19.3 Å². The molecule has 9 nitrogen and oxygen atoms in total. The van der Waals surface area contributed by atoms with Crippen LogP contribution in [0.2, 0.25) is 0 Å². The number of hydrogen-bond acceptors (Lipinski definition) is 5. The van der Waals surface area contributed by atoms with E-state index in [9.17, 15) is 24.0 Å². The van der Waals surface area contributed by atoms with Crippen LogP contribution in [0.4, 0.5) is 0 Å². The molecule has 1 aliphatic carbocycles. The summed E-state index contributed by atoms with van der Waals surface area (Å²) in [5.74, 6) is -0.676. The van der Waals surface area contributed by atoms with Crippen LogP contribution in [0.15, 0.2) is 0 Å². The summed E-state index contributed by atoms with van der Waals surface area (Å²) >= 11 is 0. The number of imide groups is 1. The predicted octanol–water partition coefficient (Wildman–Crippen LogP) is -0.107. The lowest BCUT2D eigenvalue weighted by Gasteiger charge is -2.35. The fourth-order valence-electron chi connectivity index (χ4n) is 4.25. The highest BCUT2D eigenvalue weighted by Crippen LogP contribution is 2.26. The normalized spacial score (nSPS) is 20.9. The van der Waals surface area contributed by atoms with Crippen LogP contribution in [0, 0.1) is 5.92 Å². The smallest absolute Gasteiger partial charge is 0.242 e. The number of amides is 5.